The van der Waals surface area contributed by atoms with E-state index in [9.17, 15) is 5.11 Å². The Bertz CT molecular complexity index is 275. The summed E-state index contributed by atoms with van der Waals surface area (Å²) in [6, 6.07) is 0. The Morgan fingerprint density at radius 1 is 1.53 bits per heavy atom. The van der Waals surface area contributed by atoms with Crippen LogP contribution in [0.25, 0.3) is 0 Å². The maximum Gasteiger partial charge on any atom is 0.0543 e. The summed E-state index contributed by atoms with van der Waals surface area (Å²) in [6.45, 7) is 8.94. The van der Waals surface area contributed by atoms with Crippen LogP contribution in [0, 0.1) is 23.2 Å². The van der Waals surface area contributed by atoms with Gasteiger partial charge in [0.2, 0.25) is 0 Å². The van der Waals surface area contributed by atoms with Crippen LogP contribution < -0.4 is 0 Å². The Balaban J connectivity index is 1.88. The van der Waals surface area contributed by atoms with E-state index in [-0.39, 0.29) is 6.10 Å². The first-order valence-corrected chi connectivity index (χ1v) is 6.28. The van der Waals surface area contributed by atoms with Gasteiger partial charge in [0.05, 0.1) is 6.10 Å². The molecular formula is C14H24O. The summed E-state index contributed by atoms with van der Waals surface area (Å²) in [6.07, 6.45) is 6.14. The molecule has 2 aliphatic carbocycles. The molecule has 0 heterocycles. The number of hydrogen-bond donors (Lipinski definition) is 1. The number of aliphatic hydroxyl groups excluding tert-OH is 1. The number of rotatable bonds is 3. The highest BCUT2D eigenvalue weighted by Gasteiger charge is 2.45. The minimum atomic E-state index is -0.0893. The van der Waals surface area contributed by atoms with Crippen LogP contribution in [0.3, 0.4) is 0 Å². The molecule has 15 heavy (non-hydrogen) atoms. The van der Waals surface area contributed by atoms with Crippen LogP contribution in [-0.4, -0.2) is 11.2 Å². The van der Waals surface area contributed by atoms with Crippen LogP contribution in [0.4, 0.5) is 0 Å². The molecule has 0 amide bonds. The molecule has 0 aromatic heterocycles. The lowest BCUT2D eigenvalue weighted by Crippen LogP contribution is -2.21. The second kappa shape index (κ2) is 3.62. The van der Waals surface area contributed by atoms with Gasteiger partial charge in [0.1, 0.15) is 0 Å². The van der Waals surface area contributed by atoms with E-state index in [2.05, 4.69) is 26.8 Å². The molecule has 4 unspecified atom stereocenters. The van der Waals surface area contributed by atoms with Crippen LogP contribution in [0.2, 0.25) is 0 Å². The SMILES string of the molecule is CC1=CCC(CC2CC2C(C)O)C1(C)C. The summed E-state index contributed by atoms with van der Waals surface area (Å²) in [5, 5.41) is 9.51. The van der Waals surface area contributed by atoms with E-state index in [1.54, 1.807) is 5.57 Å². The highest BCUT2D eigenvalue weighted by Crippen LogP contribution is 2.52. The first kappa shape index (κ1) is 11.2. The van der Waals surface area contributed by atoms with Gasteiger partial charge in [-0.1, -0.05) is 25.5 Å². The summed E-state index contributed by atoms with van der Waals surface area (Å²) in [5.41, 5.74) is 1.95. The predicted octanol–water partition coefficient (Wildman–Crippen LogP) is 3.39. The van der Waals surface area contributed by atoms with Crippen molar-refractivity contribution in [3.05, 3.63) is 11.6 Å². The second-order valence-corrected chi connectivity index (χ2v) is 6.18. The molecule has 0 bridgehead atoms. The standard InChI is InChI=1S/C14H24O/c1-9-5-6-12(14(9,3)4)7-11-8-13(11)10(2)15/h5,10-13,15H,6-8H2,1-4H3. The quantitative estimate of drug-likeness (QED) is 0.705. The van der Waals surface area contributed by atoms with Crippen molar-refractivity contribution in [1.29, 1.82) is 0 Å². The predicted molar refractivity (Wildman–Crippen MR) is 63.5 cm³/mol. The second-order valence-electron chi connectivity index (χ2n) is 6.18. The number of hydrogen-bond acceptors (Lipinski definition) is 1. The molecule has 0 aromatic rings. The summed E-state index contributed by atoms with van der Waals surface area (Å²) in [4.78, 5) is 0. The van der Waals surface area contributed by atoms with Gasteiger partial charge in [-0.2, -0.15) is 0 Å². The van der Waals surface area contributed by atoms with Crippen molar-refractivity contribution in [2.24, 2.45) is 23.2 Å². The minimum Gasteiger partial charge on any atom is -0.393 e. The molecular weight excluding hydrogens is 184 g/mol. The van der Waals surface area contributed by atoms with E-state index in [0.29, 0.717) is 11.3 Å². The molecule has 0 radical (unpaired) electrons. The fourth-order valence-corrected chi connectivity index (χ4v) is 3.09. The van der Waals surface area contributed by atoms with Gasteiger partial charge in [-0.05, 0) is 56.3 Å². The van der Waals surface area contributed by atoms with Gasteiger partial charge in [0.25, 0.3) is 0 Å². The third-order valence-corrected chi connectivity index (χ3v) is 4.93. The molecule has 1 N–H and O–H groups in total. The Hall–Kier alpha value is -0.300. The highest BCUT2D eigenvalue weighted by molar-refractivity contribution is 5.18. The fourth-order valence-electron chi connectivity index (χ4n) is 3.09. The summed E-state index contributed by atoms with van der Waals surface area (Å²) in [7, 11) is 0. The molecule has 0 aromatic carbocycles. The van der Waals surface area contributed by atoms with Crippen LogP contribution in [0.15, 0.2) is 11.6 Å². The first-order valence-electron chi connectivity index (χ1n) is 6.28. The normalized spacial score (nSPS) is 40.1. The van der Waals surface area contributed by atoms with Gasteiger partial charge in [0, 0.05) is 0 Å². The largest absolute Gasteiger partial charge is 0.393 e. The van der Waals surface area contributed by atoms with Gasteiger partial charge in [-0.3, -0.25) is 0 Å². The zero-order chi connectivity index (χ0) is 11.2. The lowest BCUT2D eigenvalue weighted by Gasteiger charge is -2.30. The zero-order valence-electron chi connectivity index (χ0n) is 10.5. The smallest absolute Gasteiger partial charge is 0.0543 e. The van der Waals surface area contributed by atoms with Gasteiger partial charge < -0.3 is 5.11 Å². The van der Waals surface area contributed by atoms with E-state index in [1.807, 2.05) is 6.92 Å². The van der Waals surface area contributed by atoms with Crippen LogP contribution in [-0.2, 0) is 0 Å². The average molecular weight is 208 g/mol. The van der Waals surface area contributed by atoms with Crippen molar-refractivity contribution in [3.63, 3.8) is 0 Å². The van der Waals surface area contributed by atoms with E-state index in [0.717, 1.165) is 11.8 Å². The van der Waals surface area contributed by atoms with Gasteiger partial charge in [-0.25, -0.2) is 0 Å². The average Bonchev–Trinajstić information content (AvgIpc) is 2.85. The van der Waals surface area contributed by atoms with Crippen molar-refractivity contribution in [1.82, 2.24) is 0 Å². The highest BCUT2D eigenvalue weighted by atomic mass is 16.3. The molecule has 1 fully saturated rings. The number of aliphatic hydroxyl groups is 1. The minimum absolute atomic E-state index is 0.0893. The third-order valence-electron chi connectivity index (χ3n) is 4.93. The Labute approximate surface area is 93.6 Å². The Morgan fingerprint density at radius 3 is 2.60 bits per heavy atom. The Kier molecular flexibility index (Phi) is 2.70. The van der Waals surface area contributed by atoms with Crippen molar-refractivity contribution < 1.29 is 5.11 Å². The third kappa shape index (κ3) is 1.99. The van der Waals surface area contributed by atoms with Crippen molar-refractivity contribution in [2.45, 2.75) is 53.1 Å². The Morgan fingerprint density at radius 2 is 2.20 bits per heavy atom. The maximum atomic E-state index is 9.51. The molecule has 2 aliphatic rings. The van der Waals surface area contributed by atoms with Crippen molar-refractivity contribution in [2.75, 3.05) is 0 Å². The molecule has 1 heteroatoms. The monoisotopic (exact) mass is 208 g/mol. The van der Waals surface area contributed by atoms with Gasteiger partial charge in [-0.15, -0.1) is 0 Å². The first-order chi connectivity index (χ1) is 6.93. The maximum absolute atomic E-state index is 9.51. The molecule has 0 saturated heterocycles. The van der Waals surface area contributed by atoms with E-state index in [1.165, 1.54) is 19.3 Å². The fraction of sp³-hybridized carbons (Fsp3) is 0.857. The molecule has 4 atom stereocenters. The molecule has 2 rings (SSSR count). The van der Waals surface area contributed by atoms with Crippen LogP contribution >= 0.6 is 0 Å². The van der Waals surface area contributed by atoms with Crippen LogP contribution in [0.5, 0.6) is 0 Å². The van der Waals surface area contributed by atoms with E-state index >= 15 is 0 Å². The lowest BCUT2D eigenvalue weighted by molar-refractivity contribution is 0.157. The molecule has 1 saturated carbocycles. The number of allylic oxidation sites excluding steroid dienone is 2. The topological polar surface area (TPSA) is 20.2 Å². The van der Waals surface area contributed by atoms with Crippen molar-refractivity contribution >= 4 is 0 Å². The zero-order valence-corrected chi connectivity index (χ0v) is 10.5. The molecule has 1 nitrogen and oxygen atoms in total. The van der Waals surface area contributed by atoms with Crippen molar-refractivity contribution in [3.8, 4) is 0 Å². The summed E-state index contributed by atoms with van der Waals surface area (Å²) < 4.78 is 0. The van der Waals surface area contributed by atoms with E-state index < -0.39 is 0 Å². The summed E-state index contributed by atoms with van der Waals surface area (Å²) in [5.74, 6) is 2.21. The van der Waals surface area contributed by atoms with Crippen LogP contribution in [0.1, 0.15) is 47.0 Å². The van der Waals surface area contributed by atoms with E-state index in [4.69, 9.17) is 0 Å². The molecule has 86 valence electrons. The van der Waals surface area contributed by atoms with Gasteiger partial charge >= 0.3 is 0 Å². The lowest BCUT2D eigenvalue weighted by atomic mass is 9.75. The summed E-state index contributed by atoms with van der Waals surface area (Å²) >= 11 is 0. The molecule has 0 aliphatic heterocycles. The molecule has 0 spiro atoms. The van der Waals surface area contributed by atoms with Gasteiger partial charge in [0.15, 0.2) is 0 Å².